The zero-order valence-electron chi connectivity index (χ0n) is 18.5. The van der Waals surface area contributed by atoms with Gasteiger partial charge in [-0.2, -0.15) is 5.10 Å². The van der Waals surface area contributed by atoms with Gasteiger partial charge in [0.25, 0.3) is 5.92 Å². The zero-order valence-corrected chi connectivity index (χ0v) is 18.5. The van der Waals surface area contributed by atoms with Crippen LogP contribution in [0.1, 0.15) is 58.3 Å². The monoisotopic (exact) mass is 447 g/mol. The van der Waals surface area contributed by atoms with Crippen molar-refractivity contribution < 1.29 is 23.4 Å². The molecule has 174 valence electrons. The summed E-state index contributed by atoms with van der Waals surface area (Å²) in [7, 11) is 0. The lowest BCUT2D eigenvalue weighted by atomic mass is 9.84. The van der Waals surface area contributed by atoms with Crippen LogP contribution >= 0.6 is 0 Å². The number of likely N-dealkylation sites (tertiary alicyclic amines) is 1. The van der Waals surface area contributed by atoms with Crippen molar-refractivity contribution in [1.82, 2.24) is 4.90 Å². The van der Waals surface area contributed by atoms with Crippen LogP contribution in [0.3, 0.4) is 0 Å². The van der Waals surface area contributed by atoms with E-state index in [0.717, 1.165) is 24.9 Å². The molecule has 3 fully saturated rings. The van der Waals surface area contributed by atoms with E-state index >= 15 is 0 Å². The first-order chi connectivity index (χ1) is 15.1. The molecule has 32 heavy (non-hydrogen) atoms. The highest BCUT2D eigenvalue weighted by Gasteiger charge is 2.49. The van der Waals surface area contributed by atoms with Crippen molar-refractivity contribution in [2.75, 3.05) is 18.1 Å². The van der Waals surface area contributed by atoms with Crippen molar-refractivity contribution in [3.63, 3.8) is 0 Å². The fraction of sp³-hybridized carbons (Fsp3) is 0.667. The van der Waals surface area contributed by atoms with E-state index in [1.54, 1.807) is 12.1 Å². The van der Waals surface area contributed by atoms with Gasteiger partial charge in [0.2, 0.25) is 5.91 Å². The number of alkyl halides is 2. The number of aliphatic hydroxyl groups is 1. The van der Waals surface area contributed by atoms with E-state index in [4.69, 9.17) is 4.74 Å². The maximum absolute atomic E-state index is 13.0. The number of hydrazone groups is 1. The maximum Gasteiger partial charge on any atom is 0.255 e. The highest BCUT2D eigenvalue weighted by atomic mass is 19.3. The number of amides is 1. The first kappa shape index (κ1) is 21.6. The normalized spacial score (nSPS) is 27.8. The van der Waals surface area contributed by atoms with Crippen molar-refractivity contribution in [1.29, 1.82) is 0 Å². The summed E-state index contributed by atoms with van der Waals surface area (Å²) >= 11 is 0. The van der Waals surface area contributed by atoms with Crippen molar-refractivity contribution >= 4 is 17.8 Å². The van der Waals surface area contributed by atoms with E-state index < -0.39 is 17.6 Å². The van der Waals surface area contributed by atoms with Gasteiger partial charge in [0, 0.05) is 44.0 Å². The van der Waals surface area contributed by atoms with Gasteiger partial charge in [-0.1, -0.05) is 6.92 Å². The molecule has 2 aliphatic heterocycles. The molecule has 1 saturated heterocycles. The van der Waals surface area contributed by atoms with E-state index in [9.17, 15) is 18.7 Å². The summed E-state index contributed by atoms with van der Waals surface area (Å²) in [6, 6.07) is 7.37. The molecule has 1 aromatic carbocycles. The van der Waals surface area contributed by atoms with Crippen LogP contribution < -0.4 is 9.75 Å². The summed E-state index contributed by atoms with van der Waals surface area (Å²) in [6.45, 7) is 3.23. The van der Waals surface area contributed by atoms with Gasteiger partial charge in [-0.15, -0.1) is 0 Å². The van der Waals surface area contributed by atoms with E-state index in [0.29, 0.717) is 38.1 Å². The Labute approximate surface area is 187 Å². The van der Waals surface area contributed by atoms with E-state index in [1.807, 2.05) is 35.2 Å². The third kappa shape index (κ3) is 4.34. The van der Waals surface area contributed by atoms with Crippen molar-refractivity contribution in [2.45, 2.75) is 82.0 Å². The molecule has 2 aliphatic carbocycles. The van der Waals surface area contributed by atoms with Gasteiger partial charge in [0.1, 0.15) is 11.9 Å². The zero-order chi connectivity index (χ0) is 22.6. The minimum absolute atomic E-state index is 0.0419. The lowest BCUT2D eigenvalue weighted by molar-refractivity contribution is -0.141. The molecule has 1 aromatic rings. The standard InChI is InChI=1S/C24H31F2N3O3/c1-22(7-8-22)21(30)28-12-9-23(31,10-13-28)14-18-6-11-27-29(18)17-2-4-19(5-3-17)32-20-15-24(25,26)16-20/h2-5,11,18,20,31H,6-10,12-16H2,1H3. The molecule has 1 amide bonds. The van der Waals surface area contributed by atoms with Crippen LogP contribution in [0, 0.1) is 5.41 Å². The first-order valence-corrected chi connectivity index (χ1v) is 11.6. The molecule has 0 radical (unpaired) electrons. The quantitative estimate of drug-likeness (QED) is 0.717. The third-order valence-electron chi connectivity index (χ3n) is 7.50. The van der Waals surface area contributed by atoms with Crippen LogP contribution in [-0.4, -0.2) is 58.9 Å². The van der Waals surface area contributed by atoms with Crippen LogP contribution in [0.2, 0.25) is 0 Å². The van der Waals surface area contributed by atoms with Gasteiger partial charge in [0.15, 0.2) is 0 Å². The van der Waals surface area contributed by atoms with Crippen LogP contribution in [0.25, 0.3) is 0 Å². The molecule has 8 heteroatoms. The smallest absolute Gasteiger partial charge is 0.255 e. The number of rotatable bonds is 6. The Morgan fingerprint density at radius 2 is 1.81 bits per heavy atom. The van der Waals surface area contributed by atoms with E-state index in [-0.39, 0.29) is 30.2 Å². The number of piperidine rings is 1. The summed E-state index contributed by atoms with van der Waals surface area (Å²) in [5, 5.41) is 17.6. The molecular weight excluding hydrogens is 416 g/mol. The highest BCUT2D eigenvalue weighted by molar-refractivity contribution is 5.85. The summed E-state index contributed by atoms with van der Waals surface area (Å²) in [6.07, 6.45) is 5.41. The molecule has 4 aliphatic rings. The first-order valence-electron chi connectivity index (χ1n) is 11.6. The summed E-state index contributed by atoms with van der Waals surface area (Å²) in [5.41, 5.74) is -0.0926. The summed E-state index contributed by atoms with van der Waals surface area (Å²) < 4.78 is 31.6. The predicted molar refractivity (Wildman–Crippen MR) is 117 cm³/mol. The van der Waals surface area contributed by atoms with Crippen molar-refractivity contribution in [2.24, 2.45) is 10.5 Å². The van der Waals surface area contributed by atoms with Gasteiger partial charge >= 0.3 is 0 Å². The minimum Gasteiger partial charge on any atom is -0.490 e. The maximum atomic E-state index is 13.0. The SMILES string of the molecule is CC1(C(=O)N2CCC(O)(CC3CC=NN3c3ccc(OC4CC(F)(F)C4)cc3)CC2)CC1. The third-order valence-corrected chi connectivity index (χ3v) is 7.50. The molecule has 6 nitrogen and oxygen atoms in total. The Morgan fingerprint density at radius 3 is 2.41 bits per heavy atom. The summed E-state index contributed by atoms with van der Waals surface area (Å²) in [4.78, 5) is 14.5. The van der Waals surface area contributed by atoms with Gasteiger partial charge in [-0.25, -0.2) is 8.78 Å². The largest absolute Gasteiger partial charge is 0.490 e. The second-order valence-electron chi connectivity index (χ2n) is 10.3. The predicted octanol–water partition coefficient (Wildman–Crippen LogP) is 3.97. The van der Waals surface area contributed by atoms with Crippen LogP contribution in [0.4, 0.5) is 14.5 Å². The molecule has 0 aromatic heterocycles. The molecule has 0 bridgehead atoms. The van der Waals surface area contributed by atoms with Gasteiger partial charge in [-0.05, 0) is 56.4 Å². The number of carbonyl (C=O) groups excluding carboxylic acids is 1. The van der Waals surface area contributed by atoms with Crippen LogP contribution in [-0.2, 0) is 4.79 Å². The van der Waals surface area contributed by atoms with Crippen LogP contribution in [0.15, 0.2) is 29.4 Å². The number of anilines is 1. The molecule has 2 saturated carbocycles. The van der Waals surface area contributed by atoms with Gasteiger partial charge < -0.3 is 14.7 Å². The summed E-state index contributed by atoms with van der Waals surface area (Å²) in [5.74, 6) is -1.78. The van der Waals surface area contributed by atoms with E-state index in [1.165, 1.54) is 0 Å². The molecule has 1 atom stereocenters. The molecule has 1 N–H and O–H groups in total. The van der Waals surface area contributed by atoms with Crippen molar-refractivity contribution in [3.05, 3.63) is 24.3 Å². The minimum atomic E-state index is -2.60. The average Bonchev–Trinajstić information content (AvgIpc) is 3.33. The number of benzene rings is 1. The lowest BCUT2D eigenvalue weighted by Gasteiger charge is -2.41. The number of ether oxygens (including phenoxy) is 1. The van der Waals surface area contributed by atoms with E-state index in [2.05, 4.69) is 5.10 Å². The molecular formula is C24H31F2N3O3. The second kappa shape index (κ2) is 7.68. The topological polar surface area (TPSA) is 65.4 Å². The average molecular weight is 448 g/mol. The number of hydrogen-bond acceptors (Lipinski definition) is 5. The molecule has 2 heterocycles. The second-order valence-corrected chi connectivity index (χ2v) is 10.3. The Bertz CT molecular complexity index is 884. The fourth-order valence-electron chi connectivity index (χ4n) is 5.01. The van der Waals surface area contributed by atoms with Gasteiger partial charge in [0.05, 0.1) is 17.3 Å². The molecule has 1 unspecified atom stereocenters. The number of halogens is 2. The molecule has 0 spiro atoms. The highest BCUT2D eigenvalue weighted by Crippen LogP contribution is 2.47. The lowest BCUT2D eigenvalue weighted by Crippen LogP contribution is -2.50. The molecule has 5 rings (SSSR count). The number of nitrogens with zero attached hydrogens (tertiary/aromatic N) is 3. The van der Waals surface area contributed by atoms with Crippen molar-refractivity contribution in [3.8, 4) is 5.75 Å². The fourth-order valence-corrected chi connectivity index (χ4v) is 5.01. The number of carbonyl (C=O) groups is 1. The number of hydrogen-bond donors (Lipinski definition) is 1. The Kier molecular flexibility index (Phi) is 5.19. The van der Waals surface area contributed by atoms with Crippen LogP contribution in [0.5, 0.6) is 5.75 Å². The Hall–Kier alpha value is -2.22. The Morgan fingerprint density at radius 1 is 1.16 bits per heavy atom. The van der Waals surface area contributed by atoms with Gasteiger partial charge in [-0.3, -0.25) is 9.80 Å². The Balaban J connectivity index is 1.16.